The van der Waals surface area contributed by atoms with E-state index >= 15 is 0 Å². The number of nitriles is 1. The molecule has 1 aliphatic heterocycles. The Hall–Kier alpha value is -3.54. The van der Waals surface area contributed by atoms with E-state index in [1.165, 1.54) is 12.4 Å². The molecule has 0 radical (unpaired) electrons. The van der Waals surface area contributed by atoms with E-state index in [1.54, 1.807) is 19.2 Å². The number of piperidine rings is 1. The van der Waals surface area contributed by atoms with Crippen LogP contribution < -0.4 is 16.0 Å². The van der Waals surface area contributed by atoms with Gasteiger partial charge >= 0.3 is 0 Å². The SMILES string of the molecule is Cc1cc(C(=O)NCC2CCCN(c3nccnc3C#N)C2)ncc1C(N)=O. The molecule has 2 aromatic heterocycles. The van der Waals surface area contributed by atoms with Crippen molar-refractivity contribution in [3.05, 3.63) is 47.2 Å². The zero-order valence-corrected chi connectivity index (χ0v) is 15.6. The molecule has 1 fully saturated rings. The lowest BCUT2D eigenvalue weighted by molar-refractivity contribution is 0.0937. The van der Waals surface area contributed by atoms with Gasteiger partial charge in [0.1, 0.15) is 11.8 Å². The smallest absolute Gasteiger partial charge is 0.269 e. The van der Waals surface area contributed by atoms with Gasteiger partial charge in [-0.05, 0) is 37.3 Å². The van der Waals surface area contributed by atoms with Crippen molar-refractivity contribution in [1.82, 2.24) is 20.3 Å². The maximum Gasteiger partial charge on any atom is 0.269 e. The normalized spacial score (nSPS) is 16.3. The first-order valence-electron chi connectivity index (χ1n) is 9.00. The predicted molar refractivity (Wildman–Crippen MR) is 102 cm³/mol. The van der Waals surface area contributed by atoms with Crippen LogP contribution in [0.2, 0.25) is 0 Å². The number of nitrogens with one attached hydrogen (secondary N) is 1. The summed E-state index contributed by atoms with van der Waals surface area (Å²) in [6.07, 6.45) is 6.30. The van der Waals surface area contributed by atoms with Gasteiger partial charge in [-0.1, -0.05) is 0 Å². The van der Waals surface area contributed by atoms with Gasteiger partial charge in [0.15, 0.2) is 11.5 Å². The lowest BCUT2D eigenvalue weighted by Crippen LogP contribution is -2.41. The van der Waals surface area contributed by atoms with Crippen LogP contribution in [0.1, 0.15) is 44.9 Å². The Balaban J connectivity index is 1.61. The van der Waals surface area contributed by atoms with E-state index < -0.39 is 5.91 Å². The molecule has 0 spiro atoms. The van der Waals surface area contributed by atoms with Crippen LogP contribution in [0.15, 0.2) is 24.7 Å². The molecule has 0 saturated carbocycles. The van der Waals surface area contributed by atoms with E-state index in [2.05, 4.69) is 26.3 Å². The van der Waals surface area contributed by atoms with Gasteiger partial charge in [0.05, 0.1) is 5.56 Å². The van der Waals surface area contributed by atoms with Gasteiger partial charge in [-0.2, -0.15) is 5.26 Å². The molecule has 3 heterocycles. The third-order valence-corrected chi connectivity index (χ3v) is 4.76. The molecule has 28 heavy (non-hydrogen) atoms. The molecule has 9 nitrogen and oxygen atoms in total. The monoisotopic (exact) mass is 379 g/mol. The van der Waals surface area contributed by atoms with Gasteiger partial charge in [0, 0.05) is 38.2 Å². The van der Waals surface area contributed by atoms with Crippen molar-refractivity contribution >= 4 is 17.6 Å². The standard InChI is InChI=1S/C19H21N7O2/c1-12-7-15(24-10-14(12)17(21)27)19(28)25-9-13-3-2-6-26(11-13)18-16(8-20)22-4-5-23-18/h4-5,7,10,13H,2-3,6,9,11H2,1H3,(H2,21,27)(H,25,28). The maximum absolute atomic E-state index is 12.4. The molecule has 1 unspecified atom stereocenters. The average Bonchev–Trinajstić information content (AvgIpc) is 2.71. The molecule has 144 valence electrons. The zero-order chi connectivity index (χ0) is 20.1. The molecule has 0 aliphatic carbocycles. The minimum Gasteiger partial charge on any atom is -0.366 e. The molecule has 2 amide bonds. The van der Waals surface area contributed by atoms with Gasteiger partial charge in [0.25, 0.3) is 11.8 Å². The summed E-state index contributed by atoms with van der Waals surface area (Å²) in [5.41, 5.74) is 6.73. The average molecular weight is 379 g/mol. The molecule has 1 aliphatic rings. The Morgan fingerprint density at radius 1 is 1.36 bits per heavy atom. The van der Waals surface area contributed by atoms with Crippen molar-refractivity contribution in [3.63, 3.8) is 0 Å². The van der Waals surface area contributed by atoms with Crippen LogP contribution in [-0.2, 0) is 0 Å². The number of carbonyl (C=O) groups is 2. The highest BCUT2D eigenvalue weighted by Gasteiger charge is 2.24. The third kappa shape index (κ3) is 4.23. The second-order valence-electron chi connectivity index (χ2n) is 6.75. The van der Waals surface area contributed by atoms with E-state index in [1.807, 2.05) is 4.90 Å². The van der Waals surface area contributed by atoms with Crippen LogP contribution in [-0.4, -0.2) is 46.4 Å². The summed E-state index contributed by atoms with van der Waals surface area (Å²) >= 11 is 0. The number of hydrogen-bond donors (Lipinski definition) is 2. The number of anilines is 1. The molecule has 1 atom stereocenters. The Kier molecular flexibility index (Phi) is 5.79. The minimum absolute atomic E-state index is 0.220. The zero-order valence-electron chi connectivity index (χ0n) is 15.6. The van der Waals surface area contributed by atoms with Crippen molar-refractivity contribution in [2.75, 3.05) is 24.5 Å². The van der Waals surface area contributed by atoms with Crippen molar-refractivity contribution in [2.24, 2.45) is 11.7 Å². The molecular weight excluding hydrogens is 358 g/mol. The maximum atomic E-state index is 12.4. The van der Waals surface area contributed by atoms with Crippen LogP contribution in [0.5, 0.6) is 0 Å². The summed E-state index contributed by atoms with van der Waals surface area (Å²) in [6.45, 7) is 3.68. The van der Waals surface area contributed by atoms with E-state index in [4.69, 9.17) is 5.73 Å². The summed E-state index contributed by atoms with van der Waals surface area (Å²) in [6, 6.07) is 3.63. The van der Waals surface area contributed by atoms with Crippen LogP contribution in [0.25, 0.3) is 0 Å². The molecule has 3 rings (SSSR count). The minimum atomic E-state index is -0.569. The fraction of sp³-hybridized carbons (Fsp3) is 0.368. The summed E-state index contributed by atoms with van der Waals surface area (Å²) < 4.78 is 0. The van der Waals surface area contributed by atoms with Gasteiger partial charge < -0.3 is 16.0 Å². The van der Waals surface area contributed by atoms with Gasteiger partial charge in [-0.15, -0.1) is 0 Å². The largest absolute Gasteiger partial charge is 0.366 e. The van der Waals surface area contributed by atoms with E-state index in [-0.39, 0.29) is 17.5 Å². The molecule has 3 N–H and O–H groups in total. The van der Waals surface area contributed by atoms with E-state index in [9.17, 15) is 14.9 Å². The van der Waals surface area contributed by atoms with Crippen LogP contribution in [0.3, 0.4) is 0 Å². The topological polar surface area (TPSA) is 138 Å². The highest BCUT2D eigenvalue weighted by atomic mass is 16.2. The van der Waals surface area contributed by atoms with Gasteiger partial charge in [0.2, 0.25) is 0 Å². The van der Waals surface area contributed by atoms with Gasteiger partial charge in [-0.3, -0.25) is 14.6 Å². The quantitative estimate of drug-likeness (QED) is 0.783. The highest BCUT2D eigenvalue weighted by molar-refractivity contribution is 5.96. The van der Waals surface area contributed by atoms with Crippen LogP contribution in [0, 0.1) is 24.2 Å². The fourth-order valence-electron chi connectivity index (χ4n) is 3.33. The summed E-state index contributed by atoms with van der Waals surface area (Å²) in [5, 5.41) is 12.1. The molecule has 0 bridgehead atoms. The summed E-state index contributed by atoms with van der Waals surface area (Å²) in [7, 11) is 0. The Morgan fingerprint density at radius 3 is 2.86 bits per heavy atom. The molecule has 2 aromatic rings. The third-order valence-electron chi connectivity index (χ3n) is 4.76. The second kappa shape index (κ2) is 8.43. The summed E-state index contributed by atoms with van der Waals surface area (Å²) in [5.74, 6) is -0.0638. The first-order valence-corrected chi connectivity index (χ1v) is 9.00. The Morgan fingerprint density at radius 2 is 2.14 bits per heavy atom. The lowest BCUT2D eigenvalue weighted by atomic mass is 9.97. The van der Waals surface area contributed by atoms with Crippen molar-refractivity contribution < 1.29 is 9.59 Å². The Bertz CT molecular complexity index is 938. The van der Waals surface area contributed by atoms with Gasteiger partial charge in [-0.25, -0.2) is 9.97 Å². The number of nitrogens with two attached hydrogens (primary N) is 1. The molecule has 9 heteroatoms. The molecular formula is C19H21N7O2. The Labute approximate surface area is 162 Å². The van der Waals surface area contributed by atoms with E-state index in [0.717, 1.165) is 19.4 Å². The number of primary amides is 1. The first kappa shape index (κ1) is 19.2. The number of nitrogens with zero attached hydrogens (tertiary/aromatic N) is 5. The highest BCUT2D eigenvalue weighted by Crippen LogP contribution is 2.22. The number of aromatic nitrogens is 3. The number of carbonyl (C=O) groups excluding carboxylic acids is 2. The van der Waals surface area contributed by atoms with Crippen LogP contribution in [0.4, 0.5) is 5.82 Å². The van der Waals surface area contributed by atoms with Crippen molar-refractivity contribution in [2.45, 2.75) is 19.8 Å². The lowest BCUT2D eigenvalue weighted by Gasteiger charge is -2.33. The fourth-order valence-corrected chi connectivity index (χ4v) is 3.33. The predicted octanol–water partition coefficient (Wildman–Crippen LogP) is 0.797. The van der Waals surface area contributed by atoms with E-state index in [0.29, 0.717) is 35.7 Å². The first-order chi connectivity index (χ1) is 13.5. The van der Waals surface area contributed by atoms with Crippen LogP contribution >= 0.6 is 0 Å². The summed E-state index contributed by atoms with van der Waals surface area (Å²) in [4.78, 5) is 38.1. The molecule has 1 saturated heterocycles. The second-order valence-corrected chi connectivity index (χ2v) is 6.75. The number of aryl methyl sites for hydroxylation is 1. The number of amides is 2. The molecule has 0 aromatic carbocycles. The van der Waals surface area contributed by atoms with Crippen molar-refractivity contribution in [3.8, 4) is 6.07 Å². The van der Waals surface area contributed by atoms with Crippen molar-refractivity contribution in [1.29, 1.82) is 5.26 Å². The number of hydrogen-bond acceptors (Lipinski definition) is 7. The number of pyridine rings is 1. The number of rotatable bonds is 5.